The Morgan fingerprint density at radius 2 is 2.20 bits per heavy atom. The van der Waals surface area contributed by atoms with E-state index in [1.165, 1.54) is 24.6 Å². The Bertz CT molecular complexity index is 682. The fourth-order valence-electron chi connectivity index (χ4n) is 2.68. The van der Waals surface area contributed by atoms with Crippen LogP contribution in [0.5, 0.6) is 0 Å². The Hall–Kier alpha value is -1.20. The molecule has 1 aromatic carbocycles. The quantitative estimate of drug-likeness (QED) is 0.948. The molecule has 1 unspecified atom stereocenters. The Kier molecular flexibility index (Phi) is 2.93. The highest BCUT2D eigenvalue weighted by Gasteiger charge is 2.41. The van der Waals surface area contributed by atoms with E-state index in [2.05, 4.69) is 9.97 Å². The molecule has 1 saturated heterocycles. The molecule has 2 fully saturated rings. The molecule has 2 aromatic rings. The first-order valence-electron chi connectivity index (χ1n) is 6.83. The number of halogens is 1. The number of hydrogen-bond donors (Lipinski definition) is 1. The first kappa shape index (κ1) is 12.5. The first-order chi connectivity index (χ1) is 9.70. The Balaban J connectivity index is 1.54. The highest BCUT2D eigenvalue weighted by Crippen LogP contribution is 2.36. The average molecular weight is 308 g/mol. The van der Waals surface area contributed by atoms with Crippen LogP contribution in [0, 0.1) is 0 Å². The second-order valence-corrected chi connectivity index (χ2v) is 6.99. The van der Waals surface area contributed by atoms with Crippen molar-refractivity contribution in [1.29, 1.82) is 0 Å². The number of aromatic amines is 1. The van der Waals surface area contributed by atoms with E-state index in [1.807, 2.05) is 23.1 Å². The standard InChI is InChI=1S/C14H14ClN3OS/c15-8-1-4-10-11(7-8)17-14(16-10)20-12-5-6-18(13(12)19)9-2-3-9/h1,4,7,9,12H,2-3,5-6H2,(H,16,17). The van der Waals surface area contributed by atoms with E-state index in [0.717, 1.165) is 29.2 Å². The summed E-state index contributed by atoms with van der Waals surface area (Å²) in [5.41, 5.74) is 1.81. The molecule has 20 heavy (non-hydrogen) atoms. The van der Waals surface area contributed by atoms with Crippen molar-refractivity contribution in [2.45, 2.75) is 35.7 Å². The molecule has 0 spiro atoms. The van der Waals surface area contributed by atoms with Crippen LogP contribution >= 0.6 is 23.4 Å². The number of carbonyl (C=O) groups excluding carboxylic acids is 1. The molecule has 1 atom stereocenters. The van der Waals surface area contributed by atoms with Gasteiger partial charge in [-0.2, -0.15) is 0 Å². The lowest BCUT2D eigenvalue weighted by Crippen LogP contribution is -2.30. The maximum absolute atomic E-state index is 12.3. The van der Waals surface area contributed by atoms with Gasteiger partial charge in [-0.05, 0) is 37.5 Å². The van der Waals surface area contributed by atoms with E-state index in [-0.39, 0.29) is 11.2 Å². The number of aromatic nitrogens is 2. The van der Waals surface area contributed by atoms with Crippen molar-refractivity contribution in [3.05, 3.63) is 23.2 Å². The number of hydrogen-bond acceptors (Lipinski definition) is 3. The molecule has 2 aliphatic rings. The molecule has 6 heteroatoms. The summed E-state index contributed by atoms with van der Waals surface area (Å²) < 4.78 is 0. The molecule has 1 amide bonds. The van der Waals surface area contributed by atoms with Gasteiger partial charge < -0.3 is 9.88 Å². The minimum absolute atomic E-state index is 0.00614. The Labute approximate surface area is 125 Å². The van der Waals surface area contributed by atoms with Crippen molar-refractivity contribution in [1.82, 2.24) is 14.9 Å². The van der Waals surface area contributed by atoms with Crippen LogP contribution in [0.15, 0.2) is 23.4 Å². The van der Waals surface area contributed by atoms with E-state index in [0.29, 0.717) is 11.1 Å². The summed E-state index contributed by atoms with van der Waals surface area (Å²) in [4.78, 5) is 22.1. The van der Waals surface area contributed by atoms with Crippen LogP contribution in [0.25, 0.3) is 11.0 Å². The van der Waals surface area contributed by atoms with Gasteiger partial charge in [0.1, 0.15) is 0 Å². The highest BCUT2D eigenvalue weighted by molar-refractivity contribution is 8.00. The summed E-state index contributed by atoms with van der Waals surface area (Å²) in [6.45, 7) is 0.896. The number of imidazole rings is 1. The summed E-state index contributed by atoms with van der Waals surface area (Å²) in [6, 6.07) is 6.10. The second kappa shape index (κ2) is 4.67. The van der Waals surface area contributed by atoms with E-state index in [4.69, 9.17) is 11.6 Å². The van der Waals surface area contributed by atoms with Crippen molar-refractivity contribution in [2.75, 3.05) is 6.54 Å². The van der Waals surface area contributed by atoms with Crippen LogP contribution in [-0.2, 0) is 4.79 Å². The molecule has 4 nitrogen and oxygen atoms in total. The lowest BCUT2D eigenvalue weighted by molar-refractivity contribution is -0.127. The van der Waals surface area contributed by atoms with Gasteiger partial charge in [0.2, 0.25) is 5.91 Å². The third kappa shape index (κ3) is 2.19. The molecule has 2 heterocycles. The largest absolute Gasteiger partial charge is 0.339 e. The van der Waals surface area contributed by atoms with E-state index < -0.39 is 0 Å². The number of fused-ring (bicyclic) bond motifs is 1. The summed E-state index contributed by atoms with van der Waals surface area (Å²) in [6.07, 6.45) is 3.26. The van der Waals surface area contributed by atoms with Crippen molar-refractivity contribution < 1.29 is 4.79 Å². The van der Waals surface area contributed by atoms with Gasteiger partial charge in [-0.15, -0.1) is 0 Å². The molecule has 1 N–H and O–H groups in total. The van der Waals surface area contributed by atoms with Crippen LogP contribution < -0.4 is 0 Å². The predicted molar refractivity (Wildman–Crippen MR) is 80.1 cm³/mol. The monoisotopic (exact) mass is 307 g/mol. The number of benzene rings is 1. The van der Waals surface area contributed by atoms with Crippen LogP contribution in [0.1, 0.15) is 19.3 Å². The lowest BCUT2D eigenvalue weighted by Gasteiger charge is -2.14. The number of nitrogens with one attached hydrogen (secondary N) is 1. The van der Waals surface area contributed by atoms with Crippen molar-refractivity contribution >= 4 is 40.3 Å². The Morgan fingerprint density at radius 3 is 3.00 bits per heavy atom. The molecule has 4 rings (SSSR count). The van der Waals surface area contributed by atoms with Gasteiger partial charge in [-0.3, -0.25) is 4.79 Å². The maximum Gasteiger partial charge on any atom is 0.236 e. The molecule has 104 valence electrons. The number of rotatable bonds is 3. The van der Waals surface area contributed by atoms with Crippen LogP contribution in [0.4, 0.5) is 0 Å². The Morgan fingerprint density at radius 1 is 1.35 bits per heavy atom. The van der Waals surface area contributed by atoms with Crippen LogP contribution in [-0.4, -0.2) is 38.6 Å². The zero-order chi connectivity index (χ0) is 13.7. The molecule has 0 radical (unpaired) electrons. The van der Waals surface area contributed by atoms with Gasteiger partial charge in [0.15, 0.2) is 5.16 Å². The number of likely N-dealkylation sites (tertiary alicyclic amines) is 1. The minimum Gasteiger partial charge on any atom is -0.339 e. The lowest BCUT2D eigenvalue weighted by atomic mass is 10.3. The van der Waals surface area contributed by atoms with Gasteiger partial charge in [0.05, 0.1) is 16.3 Å². The second-order valence-electron chi connectivity index (χ2n) is 5.36. The molecule has 1 aromatic heterocycles. The van der Waals surface area contributed by atoms with Gasteiger partial charge in [0, 0.05) is 17.6 Å². The molecular weight excluding hydrogens is 294 g/mol. The van der Waals surface area contributed by atoms with Crippen molar-refractivity contribution in [2.24, 2.45) is 0 Å². The summed E-state index contributed by atoms with van der Waals surface area (Å²) >= 11 is 7.51. The number of carbonyl (C=O) groups is 1. The minimum atomic E-state index is 0.00614. The fourth-order valence-corrected chi connectivity index (χ4v) is 3.90. The summed E-state index contributed by atoms with van der Waals surface area (Å²) in [5.74, 6) is 0.274. The molecule has 0 bridgehead atoms. The number of thioether (sulfide) groups is 1. The first-order valence-corrected chi connectivity index (χ1v) is 8.09. The SMILES string of the molecule is O=C1C(Sc2nc3ccc(Cl)cc3[nH]2)CCN1C1CC1. The van der Waals surface area contributed by atoms with Gasteiger partial charge in [-0.25, -0.2) is 4.98 Å². The zero-order valence-electron chi connectivity index (χ0n) is 10.8. The number of H-pyrrole nitrogens is 1. The van der Waals surface area contributed by atoms with Crippen LogP contribution in [0.2, 0.25) is 5.02 Å². The van der Waals surface area contributed by atoms with E-state index in [1.54, 1.807) is 0 Å². The third-order valence-corrected chi connectivity index (χ3v) is 5.23. The summed E-state index contributed by atoms with van der Waals surface area (Å²) in [7, 11) is 0. The van der Waals surface area contributed by atoms with Gasteiger partial charge in [0.25, 0.3) is 0 Å². The van der Waals surface area contributed by atoms with E-state index in [9.17, 15) is 4.79 Å². The molecule has 1 saturated carbocycles. The zero-order valence-corrected chi connectivity index (χ0v) is 12.4. The smallest absolute Gasteiger partial charge is 0.236 e. The molecule has 1 aliphatic carbocycles. The average Bonchev–Trinajstić information content (AvgIpc) is 3.09. The number of nitrogens with zero attached hydrogens (tertiary/aromatic N) is 2. The highest BCUT2D eigenvalue weighted by atomic mass is 35.5. The topological polar surface area (TPSA) is 49.0 Å². The molecular formula is C14H14ClN3OS. The number of amides is 1. The van der Waals surface area contributed by atoms with Crippen molar-refractivity contribution in [3.63, 3.8) is 0 Å². The van der Waals surface area contributed by atoms with Crippen LogP contribution in [0.3, 0.4) is 0 Å². The van der Waals surface area contributed by atoms with Gasteiger partial charge in [-0.1, -0.05) is 23.4 Å². The van der Waals surface area contributed by atoms with Crippen molar-refractivity contribution in [3.8, 4) is 0 Å². The van der Waals surface area contributed by atoms with E-state index >= 15 is 0 Å². The normalized spacial score (nSPS) is 22.9. The fraction of sp³-hybridized carbons (Fsp3) is 0.429. The molecule has 1 aliphatic heterocycles. The summed E-state index contributed by atoms with van der Waals surface area (Å²) in [5, 5.41) is 1.50. The van der Waals surface area contributed by atoms with Gasteiger partial charge >= 0.3 is 0 Å². The third-order valence-electron chi connectivity index (χ3n) is 3.85. The maximum atomic E-state index is 12.3. The predicted octanol–water partition coefficient (Wildman–Crippen LogP) is 3.07.